The molecule has 5 heteroatoms. The van der Waals surface area contributed by atoms with Crippen molar-refractivity contribution in [2.75, 3.05) is 0 Å². The first-order chi connectivity index (χ1) is 8.54. The molecule has 0 heterocycles. The molecule has 0 saturated heterocycles. The van der Waals surface area contributed by atoms with E-state index >= 15 is 0 Å². The van der Waals surface area contributed by atoms with Crippen LogP contribution in [0.1, 0.15) is 25.3 Å². The summed E-state index contributed by atoms with van der Waals surface area (Å²) in [5.74, 6) is 0. The molecule has 0 aliphatic heterocycles. The molecule has 0 saturated carbocycles. The third-order valence-electron chi connectivity index (χ3n) is 3.02. The van der Waals surface area contributed by atoms with E-state index in [-0.39, 0.29) is 56.3 Å². The predicted molar refractivity (Wildman–Crippen MR) is 79.5 cm³/mol. The van der Waals surface area contributed by atoms with Crippen molar-refractivity contribution in [1.29, 1.82) is 0 Å². The van der Waals surface area contributed by atoms with Crippen molar-refractivity contribution in [3.8, 4) is 0 Å². The van der Waals surface area contributed by atoms with Gasteiger partial charge in [0.05, 0.1) is 0 Å². The number of hydrogen-bond acceptors (Lipinski definition) is 2. The van der Waals surface area contributed by atoms with Crippen LogP contribution in [0.15, 0.2) is 41.3 Å². The second-order valence-corrected chi connectivity index (χ2v) is 5.71. The van der Waals surface area contributed by atoms with Crippen LogP contribution in [0.5, 0.6) is 0 Å². The molecule has 2 aromatic rings. The number of aryl methyl sites for hydroxylation is 1. The van der Waals surface area contributed by atoms with E-state index in [4.69, 9.17) is 0 Å². The molecule has 0 atom stereocenters. The Morgan fingerprint density at radius 2 is 1.79 bits per heavy atom. The standard InChI is InChI=1S/C14H16O3S.K.H/c1-2-3-6-12-10-9-11-7-4-5-8-13(11)14(12)18(15,16)17;;/h4-5,7-10H,2-3,6H2,1H3,(H,15,16,17);;. The molecule has 0 aromatic heterocycles. The van der Waals surface area contributed by atoms with Gasteiger partial charge in [0.25, 0.3) is 10.1 Å². The summed E-state index contributed by atoms with van der Waals surface area (Å²) < 4.78 is 32.6. The minimum absolute atomic E-state index is 0. The second-order valence-electron chi connectivity index (χ2n) is 4.35. The molecule has 98 valence electrons. The summed E-state index contributed by atoms with van der Waals surface area (Å²) in [5, 5.41) is 1.42. The third-order valence-corrected chi connectivity index (χ3v) is 4.02. The van der Waals surface area contributed by atoms with Gasteiger partial charge in [-0.05, 0) is 23.8 Å². The van der Waals surface area contributed by atoms with Gasteiger partial charge >= 0.3 is 51.4 Å². The van der Waals surface area contributed by atoms with Gasteiger partial charge in [0, 0.05) is 5.39 Å². The van der Waals surface area contributed by atoms with Crippen LogP contribution >= 0.6 is 0 Å². The van der Waals surface area contributed by atoms with Gasteiger partial charge in [-0.25, -0.2) is 0 Å². The topological polar surface area (TPSA) is 54.4 Å². The Labute approximate surface area is 156 Å². The van der Waals surface area contributed by atoms with Crippen molar-refractivity contribution >= 4 is 72.3 Å². The normalized spacial score (nSPS) is 11.3. The summed E-state index contributed by atoms with van der Waals surface area (Å²) in [4.78, 5) is 0.0639. The Morgan fingerprint density at radius 1 is 1.11 bits per heavy atom. The van der Waals surface area contributed by atoms with Crippen molar-refractivity contribution in [1.82, 2.24) is 0 Å². The van der Waals surface area contributed by atoms with Gasteiger partial charge in [-0.3, -0.25) is 4.55 Å². The molecule has 0 amide bonds. The van der Waals surface area contributed by atoms with Crippen LogP contribution in [0.4, 0.5) is 0 Å². The summed E-state index contributed by atoms with van der Waals surface area (Å²) in [6.45, 7) is 2.05. The predicted octanol–water partition coefficient (Wildman–Crippen LogP) is 2.78. The second kappa shape index (κ2) is 7.31. The number of fused-ring (bicyclic) bond motifs is 1. The molecule has 0 aliphatic carbocycles. The van der Waals surface area contributed by atoms with E-state index in [9.17, 15) is 13.0 Å². The molecule has 19 heavy (non-hydrogen) atoms. The average Bonchev–Trinajstić information content (AvgIpc) is 2.34. The molecule has 0 fully saturated rings. The van der Waals surface area contributed by atoms with E-state index in [2.05, 4.69) is 0 Å². The summed E-state index contributed by atoms with van der Waals surface area (Å²) in [5.41, 5.74) is 0.693. The molecule has 0 radical (unpaired) electrons. The monoisotopic (exact) mass is 304 g/mol. The fourth-order valence-electron chi connectivity index (χ4n) is 2.16. The number of unbranched alkanes of at least 4 members (excludes halogenated alkanes) is 1. The number of benzene rings is 2. The molecule has 0 spiro atoms. The van der Waals surface area contributed by atoms with E-state index in [0.717, 1.165) is 18.2 Å². The van der Waals surface area contributed by atoms with Gasteiger partial charge < -0.3 is 0 Å². The van der Waals surface area contributed by atoms with E-state index < -0.39 is 10.1 Å². The summed E-state index contributed by atoms with van der Waals surface area (Å²) in [6.07, 6.45) is 2.55. The van der Waals surface area contributed by atoms with Crippen LogP contribution < -0.4 is 0 Å². The zero-order valence-corrected chi connectivity index (χ0v) is 11.1. The number of hydrogen-bond donors (Lipinski definition) is 1. The van der Waals surface area contributed by atoms with Gasteiger partial charge in [-0.1, -0.05) is 49.7 Å². The van der Waals surface area contributed by atoms with Crippen LogP contribution in [0.25, 0.3) is 10.8 Å². The third kappa shape index (κ3) is 4.11. The van der Waals surface area contributed by atoms with Gasteiger partial charge in [0.15, 0.2) is 0 Å². The van der Waals surface area contributed by atoms with Gasteiger partial charge in [-0.15, -0.1) is 0 Å². The summed E-state index contributed by atoms with van der Waals surface area (Å²) in [7, 11) is -4.19. The van der Waals surface area contributed by atoms with E-state index in [1.807, 2.05) is 25.1 Å². The zero-order chi connectivity index (χ0) is 13.2. The molecule has 2 rings (SSSR count). The molecule has 2 aromatic carbocycles. The Kier molecular flexibility index (Phi) is 6.66. The first-order valence-corrected chi connectivity index (χ1v) is 7.46. The quantitative estimate of drug-likeness (QED) is 0.698. The Bertz CT molecular complexity index is 665. The molecule has 0 aliphatic rings. The van der Waals surface area contributed by atoms with E-state index in [1.165, 1.54) is 0 Å². The average molecular weight is 304 g/mol. The summed E-state index contributed by atoms with van der Waals surface area (Å²) >= 11 is 0. The van der Waals surface area contributed by atoms with Gasteiger partial charge in [-0.2, -0.15) is 8.42 Å². The molecular formula is C14H17KO3S. The number of rotatable bonds is 4. The SMILES string of the molecule is CCCCc1ccc2ccccc2c1S(=O)(=O)O.[KH]. The first kappa shape index (κ1) is 17.3. The maximum atomic E-state index is 11.6. The van der Waals surface area contributed by atoms with Crippen LogP contribution in [0.2, 0.25) is 0 Å². The minimum atomic E-state index is -4.19. The van der Waals surface area contributed by atoms with Crippen LogP contribution in [0.3, 0.4) is 0 Å². The van der Waals surface area contributed by atoms with Crippen LogP contribution in [-0.2, 0) is 16.5 Å². The van der Waals surface area contributed by atoms with Crippen molar-refractivity contribution in [2.45, 2.75) is 31.1 Å². The van der Waals surface area contributed by atoms with Crippen LogP contribution in [-0.4, -0.2) is 64.4 Å². The maximum absolute atomic E-state index is 11.6. The van der Waals surface area contributed by atoms with Gasteiger partial charge in [0.2, 0.25) is 0 Å². The Balaban J connectivity index is 0.00000180. The Morgan fingerprint density at radius 3 is 2.42 bits per heavy atom. The van der Waals surface area contributed by atoms with Crippen LogP contribution in [0, 0.1) is 0 Å². The molecule has 0 unspecified atom stereocenters. The summed E-state index contributed by atoms with van der Waals surface area (Å²) in [6, 6.07) is 10.9. The van der Waals surface area contributed by atoms with E-state index in [1.54, 1.807) is 18.2 Å². The molecule has 3 nitrogen and oxygen atoms in total. The van der Waals surface area contributed by atoms with Crippen molar-refractivity contribution in [3.63, 3.8) is 0 Å². The Hall–Kier alpha value is 0.246. The van der Waals surface area contributed by atoms with Gasteiger partial charge in [0.1, 0.15) is 4.90 Å². The van der Waals surface area contributed by atoms with Crippen molar-refractivity contribution < 1.29 is 13.0 Å². The fourth-order valence-corrected chi connectivity index (χ4v) is 3.12. The van der Waals surface area contributed by atoms with E-state index in [0.29, 0.717) is 17.4 Å². The molecular weight excluding hydrogens is 287 g/mol. The zero-order valence-electron chi connectivity index (χ0n) is 10.3. The fraction of sp³-hybridized carbons (Fsp3) is 0.286. The van der Waals surface area contributed by atoms with Crippen molar-refractivity contribution in [3.05, 3.63) is 42.0 Å². The molecule has 0 bridgehead atoms. The van der Waals surface area contributed by atoms with Crippen molar-refractivity contribution in [2.24, 2.45) is 0 Å². The molecule has 1 N–H and O–H groups in total. The first-order valence-electron chi connectivity index (χ1n) is 6.02.